The lowest BCUT2D eigenvalue weighted by atomic mass is 10.2. The number of hydrogen-bond acceptors (Lipinski definition) is 7. The van der Waals surface area contributed by atoms with E-state index >= 15 is 0 Å². The van der Waals surface area contributed by atoms with E-state index in [4.69, 9.17) is 0 Å². The maximum absolute atomic E-state index is 12.8. The van der Waals surface area contributed by atoms with Crippen LogP contribution in [0.3, 0.4) is 0 Å². The summed E-state index contributed by atoms with van der Waals surface area (Å²) in [6, 6.07) is 7.91. The zero-order chi connectivity index (χ0) is 22.8. The first-order valence-electron chi connectivity index (χ1n) is 12.0. The van der Waals surface area contributed by atoms with E-state index in [9.17, 15) is 9.59 Å². The highest BCUT2D eigenvalue weighted by molar-refractivity contribution is 5.71. The van der Waals surface area contributed by atoms with Crippen molar-refractivity contribution in [3.63, 3.8) is 0 Å². The van der Waals surface area contributed by atoms with Crippen molar-refractivity contribution < 1.29 is 0 Å². The molecule has 2 aliphatic rings. The Hall–Kier alpha value is -3.07. The third-order valence-electron chi connectivity index (χ3n) is 6.91. The zero-order valence-electron chi connectivity index (χ0n) is 19.2. The molecule has 3 aromatic rings. The second kappa shape index (κ2) is 9.43. The number of fused-ring (bicyclic) bond motifs is 1. The first-order valence-corrected chi connectivity index (χ1v) is 12.0. The number of benzene rings is 1. The summed E-state index contributed by atoms with van der Waals surface area (Å²) in [4.78, 5) is 32.6. The van der Waals surface area contributed by atoms with Crippen molar-refractivity contribution in [2.24, 2.45) is 7.05 Å². The molecule has 174 valence electrons. The minimum Gasteiger partial charge on any atom is -0.385 e. The Morgan fingerprint density at radius 1 is 1.00 bits per heavy atom. The van der Waals surface area contributed by atoms with E-state index in [1.54, 1.807) is 4.57 Å². The van der Waals surface area contributed by atoms with Crippen molar-refractivity contribution in [1.82, 2.24) is 29.2 Å². The summed E-state index contributed by atoms with van der Waals surface area (Å²) in [6.45, 7) is 4.53. The summed E-state index contributed by atoms with van der Waals surface area (Å²) in [7, 11) is 1.50. The number of aromatic nitrogens is 5. The first-order chi connectivity index (χ1) is 16.1. The molecule has 1 aromatic carbocycles. The largest absolute Gasteiger partial charge is 0.385 e. The van der Waals surface area contributed by atoms with Crippen molar-refractivity contribution in [3.05, 3.63) is 45.1 Å². The Balaban J connectivity index is 1.35. The smallest absolute Gasteiger partial charge is 0.332 e. The second-order valence-corrected chi connectivity index (χ2v) is 9.17. The minimum atomic E-state index is -0.434. The Morgan fingerprint density at radius 2 is 1.73 bits per heavy atom. The standard InChI is InChI=1S/C24H31N7O2/c1-29-23(32)20-22(31(24(29)33)19-7-2-3-8-19)28-27-21(26-20)17-9-11-18(12-10-17)25-13-6-16-30-14-4-5-15-30/h9-12,19,25H,2-8,13-16H2,1H3. The fraction of sp³-hybridized carbons (Fsp3) is 0.542. The van der Waals surface area contributed by atoms with Crippen LogP contribution in [0.15, 0.2) is 33.9 Å². The van der Waals surface area contributed by atoms with Crippen molar-refractivity contribution in [3.8, 4) is 11.4 Å². The molecule has 5 rings (SSSR count). The molecule has 1 N–H and O–H groups in total. The molecule has 0 unspecified atom stereocenters. The normalized spacial score (nSPS) is 17.2. The summed E-state index contributed by atoms with van der Waals surface area (Å²) in [5.41, 5.74) is 1.53. The van der Waals surface area contributed by atoms with Crippen LogP contribution in [0.1, 0.15) is 51.0 Å². The number of hydrogen-bond donors (Lipinski definition) is 1. The van der Waals surface area contributed by atoms with E-state index in [0.717, 1.165) is 61.0 Å². The van der Waals surface area contributed by atoms with Gasteiger partial charge < -0.3 is 10.2 Å². The molecule has 0 amide bonds. The number of nitrogens with one attached hydrogen (secondary N) is 1. The van der Waals surface area contributed by atoms with Crippen LogP contribution in [-0.2, 0) is 7.05 Å². The molecule has 2 fully saturated rings. The predicted octanol–water partition coefficient (Wildman–Crippen LogP) is 2.57. The summed E-state index contributed by atoms with van der Waals surface area (Å²) >= 11 is 0. The van der Waals surface area contributed by atoms with Crippen LogP contribution < -0.4 is 16.6 Å². The van der Waals surface area contributed by atoms with E-state index in [1.165, 1.54) is 33.0 Å². The number of likely N-dealkylation sites (tertiary alicyclic amines) is 1. The van der Waals surface area contributed by atoms with Gasteiger partial charge in [0.25, 0.3) is 5.56 Å². The number of rotatable bonds is 7. The van der Waals surface area contributed by atoms with Crippen LogP contribution in [0.25, 0.3) is 22.6 Å². The molecule has 9 heteroatoms. The van der Waals surface area contributed by atoms with Gasteiger partial charge in [-0.3, -0.25) is 13.9 Å². The van der Waals surface area contributed by atoms with Gasteiger partial charge in [-0.05, 0) is 76.0 Å². The van der Waals surface area contributed by atoms with Crippen molar-refractivity contribution in [1.29, 1.82) is 0 Å². The van der Waals surface area contributed by atoms with E-state index in [-0.39, 0.29) is 22.9 Å². The third-order valence-corrected chi connectivity index (χ3v) is 6.91. The summed E-state index contributed by atoms with van der Waals surface area (Å²) in [6.07, 6.45) is 7.71. The van der Waals surface area contributed by atoms with Gasteiger partial charge in [-0.25, -0.2) is 9.78 Å². The molecule has 0 spiro atoms. The van der Waals surface area contributed by atoms with Gasteiger partial charge in [0, 0.05) is 30.9 Å². The van der Waals surface area contributed by atoms with Gasteiger partial charge >= 0.3 is 5.69 Å². The highest BCUT2D eigenvalue weighted by Crippen LogP contribution is 2.29. The highest BCUT2D eigenvalue weighted by atomic mass is 16.2. The molecule has 0 bridgehead atoms. The highest BCUT2D eigenvalue weighted by Gasteiger charge is 2.24. The fourth-order valence-electron chi connectivity index (χ4n) is 5.02. The lowest BCUT2D eigenvalue weighted by molar-refractivity contribution is 0.337. The molecule has 1 saturated heterocycles. The monoisotopic (exact) mass is 449 g/mol. The van der Waals surface area contributed by atoms with Crippen LogP contribution in [0.2, 0.25) is 0 Å². The number of nitrogens with zero attached hydrogens (tertiary/aromatic N) is 6. The number of anilines is 1. The van der Waals surface area contributed by atoms with Crippen molar-refractivity contribution in [2.45, 2.75) is 51.0 Å². The predicted molar refractivity (Wildman–Crippen MR) is 129 cm³/mol. The Bertz CT molecular complexity index is 1240. The van der Waals surface area contributed by atoms with E-state index in [1.807, 2.05) is 24.3 Å². The molecule has 1 aliphatic carbocycles. The molecule has 1 aliphatic heterocycles. The average molecular weight is 450 g/mol. The van der Waals surface area contributed by atoms with Crippen LogP contribution in [0, 0.1) is 0 Å². The van der Waals surface area contributed by atoms with E-state index < -0.39 is 5.56 Å². The maximum atomic E-state index is 12.8. The molecule has 3 heterocycles. The van der Waals surface area contributed by atoms with Gasteiger partial charge in [0.05, 0.1) is 0 Å². The summed E-state index contributed by atoms with van der Waals surface area (Å²) in [5, 5.41) is 12.0. The van der Waals surface area contributed by atoms with E-state index in [0.29, 0.717) is 5.82 Å². The molecule has 9 nitrogen and oxygen atoms in total. The molecule has 33 heavy (non-hydrogen) atoms. The Labute approximate surface area is 192 Å². The average Bonchev–Trinajstić information content (AvgIpc) is 3.56. The van der Waals surface area contributed by atoms with Gasteiger partial charge in [0.2, 0.25) is 0 Å². The fourth-order valence-corrected chi connectivity index (χ4v) is 5.02. The lowest BCUT2D eigenvalue weighted by Crippen LogP contribution is -2.40. The minimum absolute atomic E-state index is 0.0459. The summed E-state index contributed by atoms with van der Waals surface area (Å²) in [5.74, 6) is 0.386. The molecule has 1 saturated carbocycles. The van der Waals surface area contributed by atoms with Gasteiger partial charge in [-0.2, -0.15) is 0 Å². The van der Waals surface area contributed by atoms with E-state index in [2.05, 4.69) is 25.4 Å². The van der Waals surface area contributed by atoms with Crippen LogP contribution in [-0.4, -0.2) is 55.4 Å². The van der Waals surface area contributed by atoms with Crippen LogP contribution in [0.4, 0.5) is 5.69 Å². The second-order valence-electron chi connectivity index (χ2n) is 9.17. The van der Waals surface area contributed by atoms with Crippen LogP contribution in [0.5, 0.6) is 0 Å². The Kier molecular flexibility index (Phi) is 6.22. The SMILES string of the molecule is Cn1c(=O)c2nc(-c3ccc(NCCCN4CCCC4)cc3)nnc2n(C2CCCC2)c1=O. The van der Waals surface area contributed by atoms with Gasteiger partial charge in [-0.1, -0.05) is 12.8 Å². The van der Waals surface area contributed by atoms with Crippen molar-refractivity contribution in [2.75, 3.05) is 31.5 Å². The Morgan fingerprint density at radius 3 is 2.45 bits per heavy atom. The molecule has 0 atom stereocenters. The lowest BCUT2D eigenvalue weighted by Gasteiger charge is -2.16. The third kappa shape index (κ3) is 4.42. The first kappa shape index (κ1) is 21.8. The van der Waals surface area contributed by atoms with Crippen molar-refractivity contribution >= 4 is 16.9 Å². The summed E-state index contributed by atoms with van der Waals surface area (Å²) < 4.78 is 2.75. The van der Waals surface area contributed by atoms with Gasteiger partial charge in [-0.15, -0.1) is 10.2 Å². The van der Waals surface area contributed by atoms with Crippen LogP contribution >= 0.6 is 0 Å². The molecule has 2 aromatic heterocycles. The quantitative estimate of drug-likeness (QED) is 0.554. The zero-order valence-corrected chi connectivity index (χ0v) is 19.2. The molecular formula is C24H31N7O2. The van der Waals surface area contributed by atoms with Gasteiger partial charge in [0.1, 0.15) is 0 Å². The topological polar surface area (TPSA) is 97.9 Å². The molecular weight excluding hydrogens is 418 g/mol. The molecule has 0 radical (unpaired) electrons. The maximum Gasteiger partial charge on any atom is 0.332 e. The van der Waals surface area contributed by atoms with Gasteiger partial charge in [0.15, 0.2) is 17.0 Å².